The van der Waals surface area contributed by atoms with Crippen LogP contribution in [0.2, 0.25) is 0 Å². The number of hydrogen-bond acceptors (Lipinski definition) is 4. The molecule has 0 saturated heterocycles. The fourth-order valence-electron chi connectivity index (χ4n) is 3.44. The summed E-state index contributed by atoms with van der Waals surface area (Å²) in [5.74, 6) is 1.89. The van der Waals surface area contributed by atoms with E-state index in [2.05, 4.69) is 0 Å². The van der Waals surface area contributed by atoms with Crippen molar-refractivity contribution in [2.24, 2.45) is 7.05 Å². The number of aryl methyl sites for hydroxylation is 2. The standard InChI is InChI=1S/C21H27ClN4O3/c1-4-11-25-19-17(20(27)26(12-5-2)21(25)28)24(3)18(23-19)15-8-6-9-16(14-15)29-13-7-10-22/h6,8-9,14H,4-5,7,10-13H2,1-3H3. The first kappa shape index (κ1) is 21.2. The van der Waals surface area contributed by atoms with Gasteiger partial charge in [-0.05, 0) is 31.4 Å². The van der Waals surface area contributed by atoms with E-state index in [1.54, 1.807) is 9.13 Å². The summed E-state index contributed by atoms with van der Waals surface area (Å²) >= 11 is 5.71. The molecule has 0 spiro atoms. The molecule has 1 aromatic carbocycles. The molecule has 3 rings (SSSR count). The summed E-state index contributed by atoms with van der Waals surface area (Å²) in [6.07, 6.45) is 2.24. The number of hydrogen-bond donors (Lipinski definition) is 0. The fourth-order valence-corrected chi connectivity index (χ4v) is 3.55. The van der Waals surface area contributed by atoms with E-state index in [-0.39, 0.29) is 11.2 Å². The van der Waals surface area contributed by atoms with Crippen LogP contribution in [0.5, 0.6) is 5.75 Å². The van der Waals surface area contributed by atoms with Gasteiger partial charge in [0.05, 0.1) is 6.61 Å². The van der Waals surface area contributed by atoms with Crippen LogP contribution in [0.25, 0.3) is 22.6 Å². The Labute approximate surface area is 174 Å². The predicted molar refractivity (Wildman–Crippen MR) is 116 cm³/mol. The smallest absolute Gasteiger partial charge is 0.332 e. The number of aromatic nitrogens is 4. The number of imidazole rings is 1. The number of fused-ring (bicyclic) bond motifs is 1. The van der Waals surface area contributed by atoms with Crippen LogP contribution >= 0.6 is 11.6 Å². The summed E-state index contributed by atoms with van der Waals surface area (Å²) in [5.41, 5.74) is 1.10. The molecule has 0 aliphatic rings. The van der Waals surface area contributed by atoms with Gasteiger partial charge in [0.2, 0.25) is 0 Å². The maximum absolute atomic E-state index is 13.1. The van der Waals surface area contributed by atoms with Crippen LogP contribution in [-0.4, -0.2) is 31.2 Å². The largest absolute Gasteiger partial charge is 0.494 e. The molecule has 7 nitrogen and oxygen atoms in total. The van der Waals surface area contributed by atoms with Gasteiger partial charge in [-0.15, -0.1) is 11.6 Å². The summed E-state index contributed by atoms with van der Waals surface area (Å²) in [6, 6.07) is 7.57. The summed E-state index contributed by atoms with van der Waals surface area (Å²) in [4.78, 5) is 30.6. The minimum absolute atomic E-state index is 0.296. The molecule has 3 aromatic rings. The van der Waals surface area contributed by atoms with E-state index in [4.69, 9.17) is 21.3 Å². The Morgan fingerprint density at radius 1 is 1.10 bits per heavy atom. The molecule has 0 aliphatic heterocycles. The van der Waals surface area contributed by atoms with Gasteiger partial charge in [0.25, 0.3) is 5.56 Å². The average molecular weight is 419 g/mol. The molecule has 0 fully saturated rings. The summed E-state index contributed by atoms with van der Waals surface area (Å²) in [6.45, 7) is 5.38. The molecule has 156 valence electrons. The van der Waals surface area contributed by atoms with E-state index in [9.17, 15) is 9.59 Å². The summed E-state index contributed by atoms with van der Waals surface area (Å²) < 4.78 is 10.4. The lowest BCUT2D eigenvalue weighted by atomic mass is 10.2. The molecule has 0 amide bonds. The second-order valence-corrected chi connectivity index (χ2v) is 7.35. The van der Waals surface area contributed by atoms with Crippen molar-refractivity contribution in [3.8, 4) is 17.1 Å². The molecule has 0 atom stereocenters. The molecule has 0 N–H and O–H groups in total. The quantitative estimate of drug-likeness (QED) is 0.394. The zero-order chi connectivity index (χ0) is 21.0. The van der Waals surface area contributed by atoms with Crippen LogP contribution in [0.3, 0.4) is 0 Å². The third-order valence-electron chi connectivity index (χ3n) is 4.78. The lowest BCUT2D eigenvalue weighted by Crippen LogP contribution is -2.40. The second-order valence-electron chi connectivity index (χ2n) is 6.98. The molecule has 0 unspecified atom stereocenters. The Morgan fingerprint density at radius 3 is 2.52 bits per heavy atom. The van der Waals surface area contributed by atoms with Crippen molar-refractivity contribution < 1.29 is 4.74 Å². The van der Waals surface area contributed by atoms with Gasteiger partial charge in [0.1, 0.15) is 11.6 Å². The van der Waals surface area contributed by atoms with E-state index in [1.165, 1.54) is 4.57 Å². The summed E-state index contributed by atoms with van der Waals surface area (Å²) in [5, 5.41) is 0. The van der Waals surface area contributed by atoms with Gasteiger partial charge in [-0.25, -0.2) is 9.78 Å². The van der Waals surface area contributed by atoms with E-state index in [0.29, 0.717) is 54.7 Å². The molecule has 0 saturated carbocycles. The van der Waals surface area contributed by atoms with Crippen molar-refractivity contribution in [3.63, 3.8) is 0 Å². The van der Waals surface area contributed by atoms with Crippen molar-refractivity contribution in [1.82, 2.24) is 18.7 Å². The number of halogens is 1. The fraction of sp³-hybridized carbons (Fsp3) is 0.476. The lowest BCUT2D eigenvalue weighted by Gasteiger charge is -2.10. The zero-order valence-electron chi connectivity index (χ0n) is 17.2. The molecular formula is C21H27ClN4O3. The van der Waals surface area contributed by atoms with Crippen LogP contribution < -0.4 is 16.0 Å². The van der Waals surface area contributed by atoms with Crippen LogP contribution in [-0.2, 0) is 20.1 Å². The normalized spacial score (nSPS) is 11.3. The molecule has 8 heteroatoms. The topological polar surface area (TPSA) is 71.1 Å². The molecule has 0 bridgehead atoms. The van der Waals surface area contributed by atoms with Crippen LogP contribution in [0.15, 0.2) is 33.9 Å². The monoisotopic (exact) mass is 418 g/mol. The SMILES string of the molecule is CCCn1c(=O)c2c(nc(-c3cccc(OCCCCl)c3)n2C)n(CCC)c1=O. The van der Waals surface area contributed by atoms with Crippen molar-refractivity contribution in [1.29, 1.82) is 0 Å². The average Bonchev–Trinajstić information content (AvgIpc) is 3.06. The highest BCUT2D eigenvalue weighted by molar-refractivity contribution is 6.17. The first-order valence-electron chi connectivity index (χ1n) is 10.0. The highest BCUT2D eigenvalue weighted by Gasteiger charge is 2.20. The Kier molecular flexibility index (Phi) is 6.79. The Morgan fingerprint density at radius 2 is 1.83 bits per heavy atom. The van der Waals surface area contributed by atoms with Crippen LogP contribution in [0.1, 0.15) is 33.1 Å². The van der Waals surface area contributed by atoms with Crippen molar-refractivity contribution in [3.05, 3.63) is 45.1 Å². The Balaban J connectivity index is 2.19. The highest BCUT2D eigenvalue weighted by atomic mass is 35.5. The zero-order valence-corrected chi connectivity index (χ0v) is 17.9. The van der Waals surface area contributed by atoms with Gasteiger partial charge in [-0.3, -0.25) is 13.9 Å². The number of alkyl halides is 1. The van der Waals surface area contributed by atoms with Gasteiger partial charge < -0.3 is 9.30 Å². The number of ether oxygens (including phenoxy) is 1. The van der Waals surface area contributed by atoms with E-state index in [1.807, 2.05) is 45.2 Å². The Hall–Kier alpha value is -2.54. The maximum Gasteiger partial charge on any atom is 0.332 e. The van der Waals surface area contributed by atoms with Gasteiger partial charge in [-0.2, -0.15) is 0 Å². The van der Waals surface area contributed by atoms with Crippen molar-refractivity contribution in [2.45, 2.75) is 46.2 Å². The Bertz CT molecular complexity index is 1110. The van der Waals surface area contributed by atoms with E-state index < -0.39 is 0 Å². The lowest BCUT2D eigenvalue weighted by molar-refractivity contribution is 0.318. The number of rotatable bonds is 9. The van der Waals surface area contributed by atoms with Crippen molar-refractivity contribution >= 4 is 22.8 Å². The van der Waals surface area contributed by atoms with Gasteiger partial charge in [0.15, 0.2) is 11.2 Å². The third kappa shape index (κ3) is 4.10. The number of benzene rings is 1. The highest BCUT2D eigenvalue weighted by Crippen LogP contribution is 2.25. The van der Waals surface area contributed by atoms with Gasteiger partial charge >= 0.3 is 5.69 Å². The molecule has 0 aliphatic carbocycles. The minimum Gasteiger partial charge on any atom is -0.494 e. The summed E-state index contributed by atoms with van der Waals surface area (Å²) in [7, 11) is 1.81. The van der Waals surface area contributed by atoms with Gasteiger partial charge in [0, 0.05) is 31.6 Å². The molecule has 0 radical (unpaired) electrons. The van der Waals surface area contributed by atoms with Crippen molar-refractivity contribution in [2.75, 3.05) is 12.5 Å². The molecule has 29 heavy (non-hydrogen) atoms. The third-order valence-corrected chi connectivity index (χ3v) is 5.04. The first-order chi connectivity index (χ1) is 14.0. The first-order valence-corrected chi connectivity index (χ1v) is 10.6. The second kappa shape index (κ2) is 9.31. The van der Waals surface area contributed by atoms with Crippen LogP contribution in [0, 0.1) is 0 Å². The molecule has 2 aromatic heterocycles. The van der Waals surface area contributed by atoms with Gasteiger partial charge in [-0.1, -0.05) is 26.0 Å². The molecule has 2 heterocycles. The van der Waals surface area contributed by atoms with Crippen LogP contribution in [0.4, 0.5) is 0 Å². The van der Waals surface area contributed by atoms with E-state index in [0.717, 1.165) is 18.4 Å². The number of nitrogens with zero attached hydrogens (tertiary/aromatic N) is 4. The minimum atomic E-state index is -0.297. The molecular weight excluding hydrogens is 392 g/mol. The predicted octanol–water partition coefficient (Wildman–Crippen LogP) is 3.39. The maximum atomic E-state index is 13.1. The van der Waals surface area contributed by atoms with E-state index >= 15 is 0 Å².